The van der Waals surface area contributed by atoms with Crippen LogP contribution in [0, 0.1) is 0 Å². The van der Waals surface area contributed by atoms with E-state index in [1.165, 1.54) is 77.3 Å². The van der Waals surface area contributed by atoms with Crippen LogP contribution in [0.4, 0.5) is 0 Å². The third-order valence-corrected chi connectivity index (χ3v) is 9.50. The molecule has 4 aromatic carbocycles. The van der Waals surface area contributed by atoms with Crippen molar-refractivity contribution in [2.45, 2.75) is 38.5 Å². The first-order chi connectivity index (χ1) is 17.4. The standard InChI is InChI=1S/C34H26N2/c1-33(2)25-11-7-5-9-19(25)21-15-23-29(17-27(21)33)35-13-14-36-30-18-28-22(16-24(30)31(23)32(35)36)20-10-6-8-12-26(20)34(28,3)4/h5-18H,1-4H3. The SMILES string of the molecule is CC1(C)c2ccccc2-c2cc3c4c5cc6c(cc5n5ccn(c3cc21)c45)C(C)(C)c1ccccc1-6. The molecule has 2 aliphatic rings. The average Bonchev–Trinajstić information content (AvgIpc) is 3.62. The van der Waals surface area contributed by atoms with Crippen molar-refractivity contribution < 1.29 is 0 Å². The lowest BCUT2D eigenvalue weighted by Gasteiger charge is -2.21. The third-order valence-electron chi connectivity index (χ3n) is 9.50. The number of hydrogen-bond acceptors (Lipinski definition) is 0. The minimum Gasteiger partial charge on any atom is -0.300 e. The molecule has 9 rings (SSSR count). The first-order valence-corrected chi connectivity index (χ1v) is 13.0. The van der Waals surface area contributed by atoms with Gasteiger partial charge in [-0.05, 0) is 68.8 Å². The summed E-state index contributed by atoms with van der Waals surface area (Å²) < 4.78 is 4.82. The van der Waals surface area contributed by atoms with Gasteiger partial charge in [-0.3, -0.25) is 0 Å². The lowest BCUT2D eigenvalue weighted by Crippen LogP contribution is -2.14. The molecule has 0 saturated heterocycles. The molecule has 36 heavy (non-hydrogen) atoms. The Bertz CT molecular complexity index is 1950. The molecule has 2 nitrogen and oxygen atoms in total. The number of benzene rings is 4. The van der Waals surface area contributed by atoms with Crippen LogP contribution in [-0.4, -0.2) is 8.80 Å². The fourth-order valence-electron chi connectivity index (χ4n) is 7.68. The molecule has 172 valence electrons. The van der Waals surface area contributed by atoms with Crippen molar-refractivity contribution in [2.24, 2.45) is 0 Å². The van der Waals surface area contributed by atoms with Crippen LogP contribution < -0.4 is 0 Å². The van der Waals surface area contributed by atoms with Crippen molar-refractivity contribution in [3.63, 3.8) is 0 Å². The van der Waals surface area contributed by atoms with E-state index in [1.807, 2.05) is 0 Å². The maximum atomic E-state index is 2.48. The van der Waals surface area contributed by atoms with Crippen molar-refractivity contribution in [3.05, 3.63) is 107 Å². The Kier molecular flexibility index (Phi) is 3.03. The molecule has 0 unspecified atom stereocenters. The van der Waals surface area contributed by atoms with Crippen LogP contribution in [0.2, 0.25) is 0 Å². The fraction of sp³-hybridized carbons (Fsp3) is 0.176. The molecule has 0 saturated carbocycles. The highest BCUT2D eigenvalue weighted by Crippen LogP contribution is 2.53. The second-order valence-corrected chi connectivity index (χ2v) is 11.9. The van der Waals surface area contributed by atoms with Gasteiger partial charge in [-0.25, -0.2) is 0 Å². The Morgan fingerprint density at radius 3 is 1.42 bits per heavy atom. The second-order valence-electron chi connectivity index (χ2n) is 11.9. The zero-order valence-electron chi connectivity index (χ0n) is 21.0. The van der Waals surface area contributed by atoms with Crippen LogP contribution in [0.15, 0.2) is 85.2 Å². The van der Waals surface area contributed by atoms with Crippen LogP contribution in [0.3, 0.4) is 0 Å². The molecule has 2 aliphatic carbocycles. The average molecular weight is 463 g/mol. The quantitative estimate of drug-likeness (QED) is 0.213. The monoisotopic (exact) mass is 462 g/mol. The molecule has 0 radical (unpaired) electrons. The van der Waals surface area contributed by atoms with Crippen LogP contribution in [0.25, 0.3) is 55.1 Å². The van der Waals surface area contributed by atoms with Crippen molar-refractivity contribution in [1.29, 1.82) is 0 Å². The Morgan fingerprint density at radius 1 is 0.500 bits per heavy atom. The molecule has 0 bridgehead atoms. The molecule has 0 fully saturated rings. The minimum absolute atomic E-state index is 0.00510. The molecular weight excluding hydrogens is 436 g/mol. The van der Waals surface area contributed by atoms with Gasteiger partial charge in [0.2, 0.25) is 0 Å². The first-order valence-electron chi connectivity index (χ1n) is 13.0. The third kappa shape index (κ3) is 1.90. The number of fused-ring (bicyclic) bond motifs is 12. The van der Waals surface area contributed by atoms with E-state index in [2.05, 4.69) is 122 Å². The maximum Gasteiger partial charge on any atom is 0.130 e. The van der Waals surface area contributed by atoms with E-state index in [9.17, 15) is 0 Å². The highest BCUT2D eigenvalue weighted by Gasteiger charge is 2.38. The number of imidazole rings is 1. The van der Waals surface area contributed by atoms with Gasteiger partial charge in [0, 0.05) is 39.4 Å². The van der Waals surface area contributed by atoms with Gasteiger partial charge in [0.15, 0.2) is 0 Å². The Hall–Kier alpha value is -4.04. The molecule has 7 aromatic rings. The molecule has 0 aliphatic heterocycles. The summed E-state index contributed by atoms with van der Waals surface area (Å²) in [5.41, 5.74) is 15.2. The number of nitrogens with zero attached hydrogens (tertiary/aromatic N) is 2. The predicted octanol–water partition coefficient (Wildman–Crippen LogP) is 8.55. The van der Waals surface area contributed by atoms with E-state index < -0.39 is 0 Å². The lowest BCUT2D eigenvalue weighted by atomic mass is 9.82. The molecule has 0 atom stereocenters. The van der Waals surface area contributed by atoms with Gasteiger partial charge in [-0.15, -0.1) is 0 Å². The van der Waals surface area contributed by atoms with E-state index in [0.29, 0.717) is 0 Å². The Morgan fingerprint density at radius 2 is 0.944 bits per heavy atom. The van der Waals surface area contributed by atoms with E-state index in [0.717, 1.165) is 0 Å². The molecule has 3 aromatic heterocycles. The molecule has 0 N–H and O–H groups in total. The normalized spacial score (nSPS) is 16.8. The summed E-state index contributed by atoms with van der Waals surface area (Å²) >= 11 is 0. The number of aromatic nitrogens is 2. The van der Waals surface area contributed by atoms with Crippen molar-refractivity contribution in [3.8, 4) is 22.3 Å². The zero-order chi connectivity index (χ0) is 24.1. The fourth-order valence-corrected chi connectivity index (χ4v) is 7.68. The Labute approximate surface area is 209 Å². The van der Waals surface area contributed by atoms with E-state index >= 15 is 0 Å². The Balaban J connectivity index is 1.45. The summed E-state index contributed by atoms with van der Waals surface area (Å²) in [5, 5.41) is 4.09. The summed E-state index contributed by atoms with van der Waals surface area (Å²) in [4.78, 5) is 0. The summed E-state index contributed by atoms with van der Waals surface area (Å²) in [6.45, 7) is 9.46. The van der Waals surface area contributed by atoms with Crippen LogP contribution in [-0.2, 0) is 10.8 Å². The lowest BCUT2D eigenvalue weighted by molar-refractivity contribution is 0.661. The first kappa shape index (κ1) is 19.2. The maximum absolute atomic E-state index is 2.48. The van der Waals surface area contributed by atoms with Crippen LogP contribution in [0.5, 0.6) is 0 Å². The van der Waals surface area contributed by atoms with Gasteiger partial charge in [0.05, 0.1) is 11.0 Å². The largest absolute Gasteiger partial charge is 0.300 e. The summed E-state index contributed by atoms with van der Waals surface area (Å²) in [6.07, 6.45) is 4.50. The van der Waals surface area contributed by atoms with Crippen LogP contribution >= 0.6 is 0 Å². The minimum atomic E-state index is 0.00510. The predicted molar refractivity (Wildman–Crippen MR) is 150 cm³/mol. The number of rotatable bonds is 0. The molecular formula is C34H26N2. The number of hydrogen-bond donors (Lipinski definition) is 0. The molecule has 2 heteroatoms. The summed E-state index contributed by atoms with van der Waals surface area (Å²) in [5.74, 6) is 0. The second kappa shape index (κ2) is 5.68. The van der Waals surface area contributed by atoms with Crippen molar-refractivity contribution >= 4 is 32.8 Å². The highest BCUT2D eigenvalue weighted by atomic mass is 15.1. The topological polar surface area (TPSA) is 8.82 Å². The van der Waals surface area contributed by atoms with Crippen molar-refractivity contribution in [2.75, 3.05) is 0 Å². The molecule has 0 spiro atoms. The van der Waals surface area contributed by atoms with E-state index in [4.69, 9.17) is 0 Å². The van der Waals surface area contributed by atoms with Gasteiger partial charge >= 0.3 is 0 Å². The van der Waals surface area contributed by atoms with Crippen molar-refractivity contribution in [1.82, 2.24) is 8.80 Å². The molecule has 0 amide bonds. The molecule has 3 heterocycles. The van der Waals surface area contributed by atoms with Gasteiger partial charge in [0.25, 0.3) is 0 Å². The van der Waals surface area contributed by atoms with Gasteiger partial charge in [-0.1, -0.05) is 76.2 Å². The smallest absolute Gasteiger partial charge is 0.130 e. The van der Waals surface area contributed by atoms with E-state index in [-0.39, 0.29) is 10.8 Å². The highest BCUT2D eigenvalue weighted by molar-refractivity contribution is 6.23. The summed E-state index contributed by atoms with van der Waals surface area (Å²) in [6, 6.07) is 27.8. The van der Waals surface area contributed by atoms with E-state index in [1.54, 1.807) is 0 Å². The van der Waals surface area contributed by atoms with Gasteiger partial charge < -0.3 is 8.80 Å². The zero-order valence-corrected chi connectivity index (χ0v) is 21.0. The van der Waals surface area contributed by atoms with Gasteiger partial charge in [-0.2, -0.15) is 0 Å². The van der Waals surface area contributed by atoms with Gasteiger partial charge in [0.1, 0.15) is 5.65 Å². The summed E-state index contributed by atoms with van der Waals surface area (Å²) in [7, 11) is 0. The van der Waals surface area contributed by atoms with Crippen LogP contribution in [0.1, 0.15) is 49.9 Å².